The number of aliphatic hydroxyl groups excluding tert-OH is 1. The van der Waals surface area contributed by atoms with Crippen LogP contribution in [0.2, 0.25) is 0 Å². The summed E-state index contributed by atoms with van der Waals surface area (Å²) in [6.07, 6.45) is 1.95. The molecule has 3 unspecified atom stereocenters. The Hall–Kier alpha value is -3.43. The van der Waals surface area contributed by atoms with E-state index < -0.39 is 20.0 Å². The Labute approximate surface area is 248 Å². The van der Waals surface area contributed by atoms with Crippen molar-refractivity contribution in [1.82, 2.24) is 14.9 Å². The number of nitrogens with one attached hydrogen (secondary N) is 3. The SMILES string of the molecule is CNC(=O)c1ccc(OC)c(NCC#Cc2nn3c(N[C@@H]4CCC(C)[N+]5(CCO)CC45)cccc3c2[Se]C(F)(F)F)c1. The minimum absolute atomic E-state index is 0.0828. The number of carbonyl (C=O) groups excluding carboxylic acids is 1. The van der Waals surface area contributed by atoms with Gasteiger partial charge in [0.2, 0.25) is 0 Å². The third-order valence-electron chi connectivity index (χ3n) is 8.23. The summed E-state index contributed by atoms with van der Waals surface area (Å²) in [5, 5.41) is 19.0. The molecule has 0 radical (unpaired) electrons. The number of carbonyl (C=O) groups is 1. The summed E-state index contributed by atoms with van der Waals surface area (Å²) in [6.45, 7) is 4.15. The van der Waals surface area contributed by atoms with Crippen molar-refractivity contribution in [1.29, 1.82) is 0 Å². The molecule has 0 saturated carbocycles. The molecular weight excluding hydrogens is 616 g/mol. The third kappa shape index (κ3) is 6.03. The average molecular weight is 651 g/mol. The number of ether oxygens (including phenoxy) is 1. The molecule has 224 valence electrons. The maximum absolute atomic E-state index is 13.7. The van der Waals surface area contributed by atoms with E-state index in [0.29, 0.717) is 47.0 Å². The van der Waals surface area contributed by atoms with Crippen LogP contribution in [0.4, 0.5) is 24.7 Å². The van der Waals surface area contributed by atoms with Gasteiger partial charge in [0, 0.05) is 0 Å². The summed E-state index contributed by atoms with van der Waals surface area (Å²) in [6, 6.07) is 11.1. The zero-order valence-electron chi connectivity index (χ0n) is 23.6. The topological polar surface area (TPSA) is 99.9 Å². The number of pyridine rings is 1. The Kier molecular flexibility index (Phi) is 8.62. The summed E-state index contributed by atoms with van der Waals surface area (Å²) >= 11 is -1.85. The summed E-state index contributed by atoms with van der Waals surface area (Å²) in [5.41, 5.74) is 1.43. The number of halogens is 3. The van der Waals surface area contributed by atoms with E-state index in [1.165, 1.54) is 18.7 Å². The molecule has 4 atom stereocenters. The van der Waals surface area contributed by atoms with Gasteiger partial charge in [-0.2, -0.15) is 0 Å². The quantitative estimate of drug-likeness (QED) is 0.123. The van der Waals surface area contributed by atoms with Gasteiger partial charge in [0.25, 0.3) is 0 Å². The van der Waals surface area contributed by atoms with Crippen LogP contribution in [-0.2, 0) is 0 Å². The van der Waals surface area contributed by atoms with Gasteiger partial charge >= 0.3 is 249 Å². The monoisotopic (exact) mass is 651 g/mol. The van der Waals surface area contributed by atoms with E-state index in [1.807, 2.05) is 6.07 Å². The second-order valence-electron chi connectivity index (χ2n) is 10.6. The average Bonchev–Trinajstić information content (AvgIpc) is 3.62. The molecule has 3 aromatic rings. The molecule has 1 amide bonds. The van der Waals surface area contributed by atoms with Crippen LogP contribution in [0.15, 0.2) is 36.4 Å². The molecule has 13 heteroatoms. The van der Waals surface area contributed by atoms with Crippen molar-refractivity contribution in [3.63, 3.8) is 0 Å². The zero-order chi connectivity index (χ0) is 30.1. The first kappa shape index (κ1) is 30.0. The summed E-state index contributed by atoms with van der Waals surface area (Å²) < 4.78 is 48.9. The van der Waals surface area contributed by atoms with Crippen LogP contribution in [-0.4, -0.2) is 104 Å². The normalized spacial score (nSPS) is 23.0. The van der Waals surface area contributed by atoms with Gasteiger partial charge in [0.1, 0.15) is 0 Å². The van der Waals surface area contributed by atoms with Gasteiger partial charge in [0.15, 0.2) is 0 Å². The fourth-order valence-corrected chi connectivity index (χ4v) is 7.46. The molecule has 0 spiro atoms. The Bertz CT molecular complexity index is 1530. The number of nitrogens with zero attached hydrogens (tertiary/aromatic N) is 3. The van der Waals surface area contributed by atoms with Crippen LogP contribution in [0.3, 0.4) is 0 Å². The van der Waals surface area contributed by atoms with Gasteiger partial charge in [-0.1, -0.05) is 0 Å². The number of piperidine rings is 1. The van der Waals surface area contributed by atoms with Crippen LogP contribution < -0.4 is 25.1 Å². The van der Waals surface area contributed by atoms with Gasteiger partial charge < -0.3 is 0 Å². The van der Waals surface area contributed by atoms with Crippen molar-refractivity contribution in [2.75, 3.05) is 51.0 Å². The van der Waals surface area contributed by atoms with Crippen LogP contribution >= 0.6 is 0 Å². The Morgan fingerprint density at radius 3 is 2.81 bits per heavy atom. The molecule has 4 N–H and O–H groups in total. The fraction of sp³-hybridized carbons (Fsp3) is 0.448. The number of rotatable bonds is 9. The number of aromatic nitrogens is 2. The van der Waals surface area contributed by atoms with Crippen LogP contribution in [0.25, 0.3) is 5.52 Å². The van der Waals surface area contributed by atoms with Crippen molar-refractivity contribution in [3.05, 3.63) is 47.7 Å². The molecule has 2 aliphatic rings. The van der Waals surface area contributed by atoms with Crippen molar-refractivity contribution in [2.24, 2.45) is 0 Å². The minimum atomic E-state index is -4.38. The van der Waals surface area contributed by atoms with Crippen molar-refractivity contribution in [3.8, 4) is 17.6 Å². The number of quaternary nitrogens is 1. The second kappa shape index (κ2) is 12.1. The molecule has 9 nitrogen and oxygen atoms in total. The molecular formula is C29H34F3N6O3Se+. The first-order valence-electron chi connectivity index (χ1n) is 13.7. The molecule has 0 bridgehead atoms. The molecule has 1 aromatic carbocycles. The molecule has 4 heterocycles. The predicted molar refractivity (Wildman–Crippen MR) is 155 cm³/mol. The molecule has 2 fully saturated rings. The standard InChI is InChI=1S/C29H33F3N6O3Se/c1-18-9-11-20(24-17-38(18,24)14-15-39)35-26-8-4-7-23-27(42-29(30,31)32)21(36-37(23)26)6-5-13-34-22-16-19(28(40)33-2)10-12-25(22)41-3/h4,7-8,10,12,16,18,20,24,34,39H,9,11,13-15,17H2,1-3H3,(H-,33,35,36,40)/p+1/t18?,20-,24?,38?/m1/s1. The molecule has 5 rings (SSSR count). The van der Waals surface area contributed by atoms with Gasteiger partial charge in [-0.25, -0.2) is 0 Å². The number of aliphatic hydroxyl groups is 1. The number of alkyl halides is 3. The van der Waals surface area contributed by atoms with E-state index in [9.17, 15) is 23.1 Å². The summed E-state index contributed by atoms with van der Waals surface area (Å²) in [7, 11) is 3.04. The van der Waals surface area contributed by atoms with Crippen LogP contribution in [0.5, 0.6) is 5.75 Å². The summed E-state index contributed by atoms with van der Waals surface area (Å²) in [5.74, 6) is 6.61. The number of anilines is 2. The third-order valence-corrected chi connectivity index (χ3v) is 9.99. The van der Waals surface area contributed by atoms with Gasteiger partial charge in [-0.05, 0) is 0 Å². The number of hydrogen-bond donors (Lipinski definition) is 4. The predicted octanol–water partition coefficient (Wildman–Crippen LogP) is 2.17. The molecule has 2 saturated heterocycles. The number of fused-ring (bicyclic) bond motifs is 2. The maximum atomic E-state index is 13.7. The first-order chi connectivity index (χ1) is 20.1. The number of hydrogen-bond acceptors (Lipinski definition) is 6. The zero-order valence-corrected chi connectivity index (χ0v) is 25.3. The van der Waals surface area contributed by atoms with Crippen molar-refractivity contribution >= 4 is 42.3 Å². The van der Waals surface area contributed by atoms with Gasteiger partial charge in [-0.3, -0.25) is 0 Å². The van der Waals surface area contributed by atoms with E-state index in [-0.39, 0.29) is 35.3 Å². The van der Waals surface area contributed by atoms with Crippen molar-refractivity contribution < 1.29 is 32.3 Å². The van der Waals surface area contributed by atoms with Gasteiger partial charge in [0.05, 0.1) is 0 Å². The second-order valence-corrected chi connectivity index (χ2v) is 12.8. The Balaban J connectivity index is 1.41. The van der Waals surface area contributed by atoms with E-state index in [2.05, 4.69) is 39.8 Å². The van der Waals surface area contributed by atoms with Crippen molar-refractivity contribution in [2.45, 2.75) is 43.0 Å². The number of methoxy groups -OCH3 is 1. The fourth-order valence-electron chi connectivity index (χ4n) is 6.04. The van der Waals surface area contributed by atoms with Crippen LogP contribution in [0.1, 0.15) is 35.8 Å². The Morgan fingerprint density at radius 2 is 2.10 bits per heavy atom. The molecule has 2 aliphatic heterocycles. The number of amides is 1. The molecule has 2 aromatic heterocycles. The summed E-state index contributed by atoms with van der Waals surface area (Å²) in [4.78, 5) is 12.0. The molecule has 0 aliphatic carbocycles. The van der Waals surface area contributed by atoms with Gasteiger partial charge in [-0.15, -0.1) is 0 Å². The first-order valence-corrected chi connectivity index (χ1v) is 15.5. The van der Waals surface area contributed by atoms with E-state index >= 15 is 0 Å². The van der Waals surface area contributed by atoms with Crippen LogP contribution in [0, 0.1) is 11.8 Å². The van der Waals surface area contributed by atoms with E-state index in [4.69, 9.17) is 4.74 Å². The van der Waals surface area contributed by atoms with E-state index in [1.54, 1.807) is 30.3 Å². The Morgan fingerprint density at radius 1 is 1.29 bits per heavy atom. The van der Waals surface area contributed by atoms with E-state index in [0.717, 1.165) is 23.9 Å². The molecule has 42 heavy (non-hydrogen) atoms. The number of benzene rings is 1.